The maximum absolute atomic E-state index is 11.9. The van der Waals surface area contributed by atoms with Crippen LogP contribution in [0, 0.1) is 11.8 Å². The summed E-state index contributed by atoms with van der Waals surface area (Å²) >= 11 is 0. The fraction of sp³-hybridized carbons (Fsp3) is 0.462. The van der Waals surface area contributed by atoms with Crippen LogP contribution in [0.25, 0.3) is 0 Å². The van der Waals surface area contributed by atoms with Crippen molar-refractivity contribution in [3.05, 3.63) is 71.8 Å². The lowest BCUT2D eigenvalue weighted by Gasteiger charge is -2.19. The number of nitrogens with two attached hydrogens (primary N) is 1. The molecular weight excluding hydrogens is 475 g/mol. The van der Waals surface area contributed by atoms with Crippen molar-refractivity contribution in [1.29, 1.82) is 0 Å². The first kappa shape index (κ1) is 34.0. The third-order valence-electron chi connectivity index (χ3n) is 4.78. The molecule has 0 aromatic heterocycles. The minimum absolute atomic E-state index is 0. The summed E-state index contributed by atoms with van der Waals surface area (Å²) in [6, 6.07) is 18.5. The van der Waals surface area contributed by atoms with Crippen molar-refractivity contribution >= 4 is 36.8 Å². The summed E-state index contributed by atoms with van der Waals surface area (Å²) in [4.78, 5) is 23.3. The topological polar surface area (TPSA) is 90.7 Å². The quantitative estimate of drug-likeness (QED) is 0.437. The van der Waals surface area contributed by atoms with Crippen LogP contribution in [0.15, 0.2) is 60.7 Å². The second kappa shape index (κ2) is 19.2. The SMILES string of the molecule is CC(C)[C@H](N)C(=O)OCc1ccccc1.CCN[C@H](C(=O)OCc1ccccc1)C(C)C.Cl.Cl. The van der Waals surface area contributed by atoms with E-state index in [4.69, 9.17) is 15.2 Å². The van der Waals surface area contributed by atoms with E-state index in [-0.39, 0.29) is 54.6 Å². The number of esters is 2. The molecule has 2 aromatic rings. The van der Waals surface area contributed by atoms with Crippen molar-refractivity contribution in [2.45, 2.75) is 59.9 Å². The number of hydrogen-bond acceptors (Lipinski definition) is 6. The molecule has 0 amide bonds. The molecule has 0 aliphatic carbocycles. The fourth-order valence-electron chi connectivity index (χ4n) is 2.73. The van der Waals surface area contributed by atoms with Gasteiger partial charge in [0, 0.05) is 0 Å². The summed E-state index contributed by atoms with van der Waals surface area (Å²) in [5, 5.41) is 3.14. The molecule has 2 rings (SSSR count). The summed E-state index contributed by atoms with van der Waals surface area (Å²) in [5.74, 6) is -0.175. The number of likely N-dealkylation sites (N-methyl/N-ethyl adjacent to an activating group) is 1. The van der Waals surface area contributed by atoms with Crippen LogP contribution in [0.5, 0.6) is 0 Å². The summed E-state index contributed by atoms with van der Waals surface area (Å²) in [6.07, 6.45) is 0. The number of rotatable bonds is 10. The largest absolute Gasteiger partial charge is 0.460 e. The highest BCUT2D eigenvalue weighted by Gasteiger charge is 2.22. The first-order chi connectivity index (χ1) is 15.3. The van der Waals surface area contributed by atoms with Crippen LogP contribution in [-0.2, 0) is 32.3 Å². The van der Waals surface area contributed by atoms with E-state index in [0.29, 0.717) is 13.2 Å². The van der Waals surface area contributed by atoms with Gasteiger partial charge in [0.2, 0.25) is 0 Å². The number of carbonyl (C=O) groups is 2. The first-order valence-electron chi connectivity index (χ1n) is 11.2. The third kappa shape index (κ3) is 13.6. The van der Waals surface area contributed by atoms with E-state index in [1.165, 1.54) is 0 Å². The van der Waals surface area contributed by atoms with Crippen molar-refractivity contribution < 1.29 is 19.1 Å². The summed E-state index contributed by atoms with van der Waals surface area (Å²) in [7, 11) is 0. The van der Waals surface area contributed by atoms with Gasteiger partial charge >= 0.3 is 11.9 Å². The Hall–Kier alpha value is -2.12. The van der Waals surface area contributed by atoms with Gasteiger partial charge in [0.1, 0.15) is 25.3 Å². The van der Waals surface area contributed by atoms with Crippen molar-refractivity contribution in [2.75, 3.05) is 6.54 Å². The Kier molecular flexibility index (Phi) is 19.2. The van der Waals surface area contributed by atoms with Crippen LogP contribution in [0.2, 0.25) is 0 Å². The van der Waals surface area contributed by atoms with Gasteiger partial charge in [0.15, 0.2) is 0 Å². The number of carbonyl (C=O) groups excluding carboxylic acids is 2. The van der Waals surface area contributed by atoms with Crippen molar-refractivity contribution in [3.63, 3.8) is 0 Å². The van der Waals surface area contributed by atoms with Gasteiger partial charge in [-0.1, -0.05) is 95.3 Å². The zero-order valence-corrected chi connectivity index (χ0v) is 22.4. The van der Waals surface area contributed by atoms with Gasteiger partial charge in [-0.15, -0.1) is 24.8 Å². The Labute approximate surface area is 216 Å². The summed E-state index contributed by atoms with van der Waals surface area (Å²) < 4.78 is 10.4. The molecule has 0 unspecified atom stereocenters. The van der Waals surface area contributed by atoms with Crippen LogP contribution in [-0.4, -0.2) is 30.6 Å². The van der Waals surface area contributed by atoms with Crippen LogP contribution in [0.1, 0.15) is 45.7 Å². The van der Waals surface area contributed by atoms with Gasteiger partial charge in [0.25, 0.3) is 0 Å². The molecule has 192 valence electrons. The summed E-state index contributed by atoms with van der Waals surface area (Å²) in [6.45, 7) is 11.2. The van der Waals surface area contributed by atoms with Gasteiger partial charge in [-0.05, 0) is 29.5 Å². The van der Waals surface area contributed by atoms with E-state index in [9.17, 15) is 9.59 Å². The Balaban J connectivity index is 0. The van der Waals surface area contributed by atoms with Crippen LogP contribution >= 0.6 is 24.8 Å². The Morgan fingerprint density at radius 3 is 1.53 bits per heavy atom. The molecule has 6 nitrogen and oxygen atoms in total. The molecule has 2 aromatic carbocycles. The normalized spacial score (nSPS) is 11.8. The number of halogens is 2. The minimum Gasteiger partial charge on any atom is -0.460 e. The van der Waals surface area contributed by atoms with E-state index in [2.05, 4.69) is 5.32 Å². The lowest BCUT2D eigenvalue weighted by molar-refractivity contribution is -0.149. The fourth-order valence-corrected chi connectivity index (χ4v) is 2.73. The molecule has 0 aliphatic rings. The maximum Gasteiger partial charge on any atom is 0.323 e. The average Bonchev–Trinajstić information content (AvgIpc) is 2.80. The molecular formula is C26H40Cl2N2O4. The van der Waals surface area contributed by atoms with E-state index in [0.717, 1.165) is 17.7 Å². The molecule has 0 heterocycles. The molecule has 0 saturated heterocycles. The van der Waals surface area contributed by atoms with E-state index in [1.807, 2.05) is 95.3 Å². The highest BCUT2D eigenvalue weighted by molar-refractivity contribution is 5.85. The van der Waals surface area contributed by atoms with E-state index in [1.54, 1.807) is 0 Å². The molecule has 3 N–H and O–H groups in total. The van der Waals surface area contributed by atoms with Crippen LogP contribution in [0.3, 0.4) is 0 Å². The van der Waals surface area contributed by atoms with Gasteiger partial charge in [-0.3, -0.25) is 9.59 Å². The monoisotopic (exact) mass is 514 g/mol. The molecule has 0 fully saturated rings. The van der Waals surface area contributed by atoms with Gasteiger partial charge in [0.05, 0.1) is 0 Å². The predicted molar refractivity (Wildman–Crippen MR) is 142 cm³/mol. The third-order valence-corrected chi connectivity index (χ3v) is 4.78. The molecule has 34 heavy (non-hydrogen) atoms. The molecule has 8 heteroatoms. The highest BCUT2D eigenvalue weighted by atomic mass is 35.5. The highest BCUT2D eigenvalue weighted by Crippen LogP contribution is 2.07. The lowest BCUT2D eigenvalue weighted by Crippen LogP contribution is -2.41. The minimum atomic E-state index is -0.534. The molecule has 0 spiro atoms. The predicted octanol–water partition coefficient (Wildman–Crippen LogP) is 4.92. The van der Waals surface area contributed by atoms with Gasteiger partial charge < -0.3 is 20.5 Å². The average molecular weight is 516 g/mol. The Bertz CT molecular complexity index is 790. The number of ether oxygens (including phenoxy) is 2. The zero-order chi connectivity index (χ0) is 23.9. The molecule has 0 radical (unpaired) electrons. The number of hydrogen-bond donors (Lipinski definition) is 2. The van der Waals surface area contributed by atoms with E-state index < -0.39 is 6.04 Å². The van der Waals surface area contributed by atoms with Crippen LogP contribution in [0.4, 0.5) is 0 Å². The second-order valence-corrected chi connectivity index (χ2v) is 8.24. The van der Waals surface area contributed by atoms with Crippen molar-refractivity contribution in [1.82, 2.24) is 5.32 Å². The van der Waals surface area contributed by atoms with Crippen molar-refractivity contribution in [2.24, 2.45) is 17.6 Å². The van der Waals surface area contributed by atoms with Gasteiger partial charge in [-0.25, -0.2) is 0 Å². The molecule has 0 aliphatic heterocycles. The molecule has 0 bridgehead atoms. The smallest absolute Gasteiger partial charge is 0.323 e. The Morgan fingerprint density at radius 2 is 1.18 bits per heavy atom. The zero-order valence-electron chi connectivity index (χ0n) is 20.7. The molecule has 2 atom stereocenters. The van der Waals surface area contributed by atoms with E-state index >= 15 is 0 Å². The van der Waals surface area contributed by atoms with Crippen LogP contribution < -0.4 is 11.1 Å². The Morgan fingerprint density at radius 1 is 0.765 bits per heavy atom. The number of nitrogens with one attached hydrogen (secondary N) is 1. The van der Waals surface area contributed by atoms with Crippen molar-refractivity contribution in [3.8, 4) is 0 Å². The maximum atomic E-state index is 11.9. The number of benzene rings is 2. The standard InChI is InChI=1S/C14H21NO2.C12H17NO2.2ClH/c1-4-15-13(11(2)3)14(16)17-10-12-8-6-5-7-9-12;1-9(2)11(13)12(14)15-8-10-6-4-3-5-7-10;;/h5-9,11,13,15H,4,10H2,1-3H3;3-7,9,11H,8,13H2,1-2H3;2*1H/t13-;11-;;/m00../s1. The molecule has 0 saturated carbocycles. The second-order valence-electron chi connectivity index (χ2n) is 8.24. The summed E-state index contributed by atoms with van der Waals surface area (Å²) in [5.41, 5.74) is 7.64. The lowest BCUT2D eigenvalue weighted by atomic mass is 10.0. The first-order valence-corrected chi connectivity index (χ1v) is 11.2. The van der Waals surface area contributed by atoms with Gasteiger partial charge in [-0.2, -0.15) is 0 Å².